The van der Waals surface area contributed by atoms with Crippen LogP contribution in [0, 0.1) is 18.6 Å². The summed E-state index contributed by atoms with van der Waals surface area (Å²) in [5.74, 6) is -3.16. The van der Waals surface area contributed by atoms with Crippen LogP contribution < -0.4 is 9.64 Å². The van der Waals surface area contributed by atoms with Crippen molar-refractivity contribution in [1.29, 1.82) is 0 Å². The van der Waals surface area contributed by atoms with Gasteiger partial charge in [-0.3, -0.25) is 14.5 Å². The normalized spacial score (nSPS) is 17.2. The molecule has 1 fully saturated rings. The summed E-state index contributed by atoms with van der Waals surface area (Å²) >= 11 is 0.895. The Morgan fingerprint density at radius 3 is 2.52 bits per heavy atom. The van der Waals surface area contributed by atoms with E-state index in [0.29, 0.717) is 23.5 Å². The van der Waals surface area contributed by atoms with Crippen molar-refractivity contribution in [3.8, 4) is 5.75 Å². The van der Waals surface area contributed by atoms with E-state index in [-0.39, 0.29) is 32.1 Å². The molecular formula is C31H28F2N2O4S. The number of aromatic nitrogens is 1. The molecule has 9 heteroatoms. The Labute approximate surface area is 234 Å². The van der Waals surface area contributed by atoms with Crippen molar-refractivity contribution in [3.63, 3.8) is 0 Å². The quantitative estimate of drug-likeness (QED) is 0.158. The molecule has 1 aliphatic rings. The number of carbonyl (C=O) groups excluding carboxylic acids is 2. The van der Waals surface area contributed by atoms with Crippen LogP contribution in [-0.4, -0.2) is 28.4 Å². The molecule has 1 amide bonds. The zero-order chi connectivity index (χ0) is 28.9. The number of nitrogens with zero attached hydrogens (tertiary/aromatic N) is 2. The highest BCUT2D eigenvalue weighted by Gasteiger charge is 2.48. The van der Waals surface area contributed by atoms with Gasteiger partial charge in [-0.05, 0) is 49.1 Å². The number of thiazole rings is 1. The van der Waals surface area contributed by atoms with Crippen LogP contribution in [0.2, 0.25) is 0 Å². The maximum absolute atomic E-state index is 14.5. The third-order valence-corrected chi connectivity index (χ3v) is 7.77. The van der Waals surface area contributed by atoms with Gasteiger partial charge in [0.05, 0.1) is 22.9 Å². The predicted octanol–water partition coefficient (Wildman–Crippen LogP) is 7.21. The van der Waals surface area contributed by atoms with Crippen molar-refractivity contribution < 1.29 is 28.2 Å². The van der Waals surface area contributed by atoms with Gasteiger partial charge in [0.15, 0.2) is 10.9 Å². The van der Waals surface area contributed by atoms with Gasteiger partial charge >= 0.3 is 5.91 Å². The first-order valence-electron chi connectivity index (χ1n) is 12.8. The fraction of sp³-hybridized carbons (Fsp3) is 0.258. The first-order chi connectivity index (χ1) is 18.9. The summed E-state index contributed by atoms with van der Waals surface area (Å²) in [5.41, 5.74) is 2.04. The molecule has 1 aliphatic heterocycles. The maximum atomic E-state index is 14.5. The van der Waals surface area contributed by atoms with Crippen LogP contribution in [0.1, 0.15) is 56.0 Å². The zero-order valence-corrected chi connectivity index (χ0v) is 23.5. The second kappa shape index (κ2) is 10.1. The van der Waals surface area contributed by atoms with Crippen molar-refractivity contribution >= 4 is 44.1 Å². The number of benzene rings is 3. The molecule has 1 saturated heterocycles. The average Bonchev–Trinajstić information content (AvgIpc) is 3.42. The Hall–Kier alpha value is -4.11. The summed E-state index contributed by atoms with van der Waals surface area (Å²) in [7, 11) is 0. The summed E-state index contributed by atoms with van der Waals surface area (Å²) in [6, 6.07) is 13.2. The molecule has 40 heavy (non-hydrogen) atoms. The molecule has 0 bridgehead atoms. The first kappa shape index (κ1) is 27.5. The van der Waals surface area contributed by atoms with Crippen LogP contribution >= 0.6 is 11.3 Å². The van der Waals surface area contributed by atoms with Crippen molar-refractivity contribution in [2.45, 2.75) is 46.1 Å². The molecule has 4 aromatic rings. The second-order valence-electron chi connectivity index (χ2n) is 10.7. The van der Waals surface area contributed by atoms with E-state index in [4.69, 9.17) is 4.74 Å². The van der Waals surface area contributed by atoms with Gasteiger partial charge in [-0.2, -0.15) is 0 Å². The molecule has 0 saturated carbocycles. The van der Waals surface area contributed by atoms with Crippen molar-refractivity contribution in [3.05, 3.63) is 94.1 Å². The summed E-state index contributed by atoms with van der Waals surface area (Å²) in [6.45, 7) is 10.2. The molecule has 3 aromatic carbocycles. The Balaban J connectivity index is 1.74. The minimum absolute atomic E-state index is 0.0224. The number of fused-ring (bicyclic) bond motifs is 1. The van der Waals surface area contributed by atoms with Crippen LogP contribution in [0.4, 0.5) is 13.9 Å². The molecule has 2 heterocycles. The SMILES string of the molecule is CCOc1ccc(/C(O)=C2\C(=O)C(=O)N(c3nc4c(F)cc(F)cc4s3)C2c2cccc(C)c2)cc1C(C)(C)C. The number of aliphatic hydroxyl groups is 1. The van der Waals surface area contributed by atoms with E-state index >= 15 is 0 Å². The number of carbonyl (C=O) groups is 2. The lowest BCUT2D eigenvalue weighted by atomic mass is 9.84. The van der Waals surface area contributed by atoms with E-state index in [9.17, 15) is 23.5 Å². The molecule has 6 nitrogen and oxygen atoms in total. The molecule has 1 atom stereocenters. The van der Waals surface area contributed by atoms with Crippen LogP contribution in [0.3, 0.4) is 0 Å². The standard InChI is InChI=1S/C31H28F2N2O4S/c1-6-39-22-11-10-18(13-20(22)31(3,4)5)27(36)24-26(17-9-7-8-16(2)12-17)35(29(38)28(24)37)30-34-25-21(33)14-19(32)15-23(25)40-30/h7-15,26,36H,6H2,1-5H3/b27-24+. The number of hydrogen-bond acceptors (Lipinski definition) is 6. The number of anilines is 1. The van der Waals surface area contributed by atoms with Gasteiger partial charge in [-0.1, -0.05) is 61.9 Å². The number of ketones is 1. The van der Waals surface area contributed by atoms with E-state index in [1.165, 1.54) is 0 Å². The van der Waals surface area contributed by atoms with Gasteiger partial charge in [0.25, 0.3) is 5.78 Å². The summed E-state index contributed by atoms with van der Waals surface area (Å²) in [4.78, 5) is 32.5. The Kier molecular flexibility index (Phi) is 6.95. The molecule has 1 unspecified atom stereocenters. The molecule has 0 radical (unpaired) electrons. The number of rotatable bonds is 5. The second-order valence-corrected chi connectivity index (χ2v) is 11.7. The number of Topliss-reactive ketones (excluding diaryl/α,β-unsaturated/α-hetero) is 1. The van der Waals surface area contributed by atoms with E-state index < -0.39 is 29.4 Å². The topological polar surface area (TPSA) is 79.7 Å². The number of halogens is 2. The minimum Gasteiger partial charge on any atom is -0.507 e. The number of ether oxygens (including phenoxy) is 1. The number of amides is 1. The smallest absolute Gasteiger partial charge is 0.301 e. The van der Waals surface area contributed by atoms with Crippen LogP contribution in [-0.2, 0) is 15.0 Å². The van der Waals surface area contributed by atoms with Gasteiger partial charge in [0, 0.05) is 17.2 Å². The Morgan fingerprint density at radius 2 is 1.85 bits per heavy atom. The highest BCUT2D eigenvalue weighted by atomic mass is 32.1. The van der Waals surface area contributed by atoms with Gasteiger partial charge < -0.3 is 9.84 Å². The van der Waals surface area contributed by atoms with E-state index in [1.54, 1.807) is 30.3 Å². The average molecular weight is 563 g/mol. The number of aliphatic hydroxyl groups excluding tert-OH is 1. The van der Waals surface area contributed by atoms with Gasteiger partial charge in [0.2, 0.25) is 0 Å². The third-order valence-electron chi connectivity index (χ3n) is 6.77. The van der Waals surface area contributed by atoms with E-state index in [1.807, 2.05) is 46.8 Å². The third kappa shape index (κ3) is 4.75. The molecule has 0 aliphatic carbocycles. The Morgan fingerprint density at radius 1 is 1.10 bits per heavy atom. The summed E-state index contributed by atoms with van der Waals surface area (Å²) < 4.78 is 34.4. The van der Waals surface area contributed by atoms with Crippen molar-refractivity contribution in [2.24, 2.45) is 0 Å². The van der Waals surface area contributed by atoms with Crippen LogP contribution in [0.15, 0.2) is 60.2 Å². The van der Waals surface area contributed by atoms with Gasteiger partial charge in [-0.15, -0.1) is 0 Å². The molecular weight excluding hydrogens is 534 g/mol. The van der Waals surface area contributed by atoms with Crippen molar-refractivity contribution in [2.75, 3.05) is 11.5 Å². The fourth-order valence-corrected chi connectivity index (χ4v) is 5.97. The number of aryl methyl sites for hydroxylation is 1. The fourth-order valence-electron chi connectivity index (χ4n) is 4.93. The largest absolute Gasteiger partial charge is 0.507 e. The monoisotopic (exact) mass is 562 g/mol. The lowest BCUT2D eigenvalue weighted by molar-refractivity contribution is -0.132. The van der Waals surface area contributed by atoms with Crippen molar-refractivity contribution in [1.82, 2.24) is 4.98 Å². The predicted molar refractivity (Wildman–Crippen MR) is 152 cm³/mol. The highest BCUT2D eigenvalue weighted by molar-refractivity contribution is 7.22. The van der Waals surface area contributed by atoms with E-state index in [2.05, 4.69) is 4.98 Å². The molecule has 0 spiro atoms. The molecule has 1 aromatic heterocycles. The van der Waals surface area contributed by atoms with E-state index in [0.717, 1.165) is 39.5 Å². The van der Waals surface area contributed by atoms with Gasteiger partial charge in [0.1, 0.15) is 22.8 Å². The zero-order valence-electron chi connectivity index (χ0n) is 22.7. The summed E-state index contributed by atoms with van der Waals surface area (Å²) in [5, 5.41) is 11.6. The maximum Gasteiger partial charge on any atom is 0.301 e. The first-order valence-corrected chi connectivity index (χ1v) is 13.6. The molecule has 5 rings (SSSR count). The lowest BCUT2D eigenvalue weighted by Gasteiger charge is -2.25. The lowest BCUT2D eigenvalue weighted by Crippen LogP contribution is -2.29. The molecule has 206 valence electrons. The minimum atomic E-state index is -1.04. The summed E-state index contributed by atoms with van der Waals surface area (Å²) in [6.07, 6.45) is 0. The highest BCUT2D eigenvalue weighted by Crippen LogP contribution is 2.45. The van der Waals surface area contributed by atoms with Gasteiger partial charge in [-0.25, -0.2) is 13.8 Å². The van der Waals surface area contributed by atoms with Crippen LogP contribution in [0.5, 0.6) is 5.75 Å². The Bertz CT molecular complexity index is 1700. The van der Waals surface area contributed by atoms with Crippen LogP contribution in [0.25, 0.3) is 16.0 Å². The molecule has 1 N–H and O–H groups in total. The number of hydrogen-bond donors (Lipinski definition) is 1.